The Morgan fingerprint density at radius 2 is 1.69 bits per heavy atom. The minimum Gasteiger partial charge on any atom is -0.505 e. The Bertz CT molecular complexity index is 894. The molecule has 29 heavy (non-hydrogen) atoms. The third-order valence-electron chi connectivity index (χ3n) is 4.14. The summed E-state index contributed by atoms with van der Waals surface area (Å²) in [4.78, 5) is 12.2. The molecule has 0 amide bonds. The molecule has 158 valence electrons. The van der Waals surface area contributed by atoms with E-state index in [1.165, 1.54) is 11.9 Å². The molecule has 0 aliphatic carbocycles. The summed E-state index contributed by atoms with van der Waals surface area (Å²) in [6.07, 6.45) is 1.98. The lowest BCUT2D eigenvalue weighted by Gasteiger charge is -2.23. The molecule has 0 aliphatic heterocycles. The van der Waals surface area contributed by atoms with Gasteiger partial charge in [-0.1, -0.05) is 46.4 Å². The first kappa shape index (κ1) is 24.3. The molecule has 0 atom stereocenters. The van der Waals surface area contributed by atoms with Gasteiger partial charge >= 0.3 is 0 Å². The summed E-state index contributed by atoms with van der Waals surface area (Å²) in [6.45, 7) is 5.95. The molecule has 0 bridgehead atoms. The Morgan fingerprint density at radius 1 is 1.14 bits per heavy atom. The molecule has 7 heteroatoms. The molecule has 0 radical (unpaired) electrons. The molecule has 3 rings (SSSR count). The average molecular weight is 402 g/mol. The number of ether oxygens (including phenoxy) is 1. The summed E-state index contributed by atoms with van der Waals surface area (Å²) in [6, 6.07) is 11.4. The van der Waals surface area contributed by atoms with Crippen molar-refractivity contribution in [2.24, 2.45) is 0 Å². The number of phenols is 1. The van der Waals surface area contributed by atoms with E-state index < -0.39 is 0 Å². The van der Waals surface area contributed by atoms with Gasteiger partial charge in [0.1, 0.15) is 35.5 Å². The molecule has 7 nitrogen and oxygen atoms in total. The van der Waals surface area contributed by atoms with Crippen LogP contribution in [0.1, 0.15) is 45.7 Å². The standard InChI is InChI=1S/C19H21N3O2.C2H6O2.CH4/c1-19(2,3)14-11-13(7-6-10-23)12-17(18(14)24)22-20-15-8-4-5-9-16(15)21-22;1-4-2-3;/h4-5,8-12,24H,6-7H2,1-3H3;3H,2H2,1H3;1H4. The van der Waals surface area contributed by atoms with Crippen molar-refractivity contribution in [1.29, 1.82) is 0 Å². The molecule has 2 N–H and O–H groups in total. The molecule has 0 spiro atoms. The van der Waals surface area contributed by atoms with E-state index in [4.69, 9.17) is 5.11 Å². The number of hydrogen-bond donors (Lipinski definition) is 2. The van der Waals surface area contributed by atoms with Crippen molar-refractivity contribution in [3.8, 4) is 11.4 Å². The van der Waals surface area contributed by atoms with E-state index in [0.717, 1.165) is 28.4 Å². The monoisotopic (exact) mass is 401 g/mol. The third kappa shape index (κ3) is 6.10. The van der Waals surface area contributed by atoms with Crippen molar-refractivity contribution in [2.45, 2.75) is 46.5 Å². The quantitative estimate of drug-likeness (QED) is 0.499. The second-order valence-electron chi connectivity index (χ2n) is 7.36. The highest BCUT2D eigenvalue weighted by atomic mass is 16.6. The first-order valence-corrected chi connectivity index (χ1v) is 9.04. The predicted molar refractivity (Wildman–Crippen MR) is 114 cm³/mol. The molecule has 1 heterocycles. The number of aromatic hydroxyl groups is 1. The number of aryl methyl sites for hydroxylation is 1. The van der Waals surface area contributed by atoms with Crippen LogP contribution < -0.4 is 0 Å². The average Bonchev–Trinajstić information content (AvgIpc) is 3.10. The molecule has 3 aromatic rings. The van der Waals surface area contributed by atoms with Gasteiger partial charge in [0.2, 0.25) is 0 Å². The van der Waals surface area contributed by atoms with E-state index in [1.54, 1.807) is 0 Å². The van der Waals surface area contributed by atoms with Crippen LogP contribution in [-0.2, 0) is 21.4 Å². The second-order valence-corrected chi connectivity index (χ2v) is 7.36. The van der Waals surface area contributed by atoms with Gasteiger partial charge in [-0.3, -0.25) is 0 Å². The molecule has 0 unspecified atom stereocenters. The van der Waals surface area contributed by atoms with Crippen LogP contribution in [0.15, 0.2) is 36.4 Å². The van der Waals surface area contributed by atoms with Crippen molar-refractivity contribution in [1.82, 2.24) is 15.0 Å². The van der Waals surface area contributed by atoms with Crippen LogP contribution in [0.2, 0.25) is 0 Å². The number of methoxy groups -OCH3 is 1. The summed E-state index contributed by atoms with van der Waals surface area (Å²) in [7, 11) is 1.43. The zero-order valence-corrected chi connectivity index (χ0v) is 16.7. The number of aldehydes is 1. The first-order valence-electron chi connectivity index (χ1n) is 9.04. The third-order valence-corrected chi connectivity index (χ3v) is 4.14. The molecule has 0 fully saturated rings. The fourth-order valence-electron chi connectivity index (χ4n) is 2.74. The van der Waals surface area contributed by atoms with E-state index in [2.05, 4.69) is 14.9 Å². The number of nitrogens with zero attached hydrogens (tertiary/aromatic N) is 3. The lowest BCUT2D eigenvalue weighted by Crippen LogP contribution is -2.14. The van der Waals surface area contributed by atoms with E-state index in [9.17, 15) is 9.90 Å². The van der Waals surface area contributed by atoms with Crippen LogP contribution in [0.25, 0.3) is 16.7 Å². The normalized spacial score (nSPS) is 10.8. The largest absolute Gasteiger partial charge is 0.505 e. The number of rotatable bonds is 5. The van der Waals surface area contributed by atoms with E-state index in [-0.39, 0.29) is 25.4 Å². The fraction of sp³-hybridized carbons (Fsp3) is 0.409. The maximum absolute atomic E-state index is 10.8. The zero-order chi connectivity index (χ0) is 20.7. The lowest BCUT2D eigenvalue weighted by atomic mass is 9.84. The minimum atomic E-state index is -0.234. The number of hydrogen-bond acceptors (Lipinski definition) is 6. The fourth-order valence-corrected chi connectivity index (χ4v) is 2.74. The number of aliphatic hydroxyl groups is 1. The predicted octanol–water partition coefficient (Wildman–Crippen LogP) is 3.77. The number of phenolic OH excluding ortho intramolecular Hbond substituents is 1. The zero-order valence-electron chi connectivity index (χ0n) is 16.7. The van der Waals surface area contributed by atoms with Gasteiger partial charge in [0, 0.05) is 19.1 Å². The van der Waals surface area contributed by atoms with Crippen LogP contribution in [-0.4, -0.2) is 45.4 Å². The Hall–Kier alpha value is -2.77. The van der Waals surface area contributed by atoms with Crippen molar-refractivity contribution >= 4 is 17.3 Å². The maximum atomic E-state index is 10.8. The second kappa shape index (κ2) is 10.7. The van der Waals surface area contributed by atoms with Crippen LogP contribution in [0.4, 0.5) is 0 Å². The number of aromatic nitrogens is 3. The molecule has 0 aliphatic rings. The minimum absolute atomic E-state index is 0. The van der Waals surface area contributed by atoms with Crippen LogP contribution in [0.5, 0.6) is 5.75 Å². The molecule has 0 saturated carbocycles. The van der Waals surface area contributed by atoms with Crippen molar-refractivity contribution in [3.05, 3.63) is 47.5 Å². The van der Waals surface area contributed by atoms with Crippen molar-refractivity contribution in [3.63, 3.8) is 0 Å². The first-order chi connectivity index (χ1) is 13.3. The number of benzene rings is 2. The van der Waals surface area contributed by atoms with Gasteiger partial charge in [0.05, 0.1) is 0 Å². The molecular weight excluding hydrogens is 370 g/mol. The Balaban J connectivity index is 0.000000771. The summed E-state index contributed by atoms with van der Waals surface area (Å²) in [5.41, 5.74) is 3.66. The highest BCUT2D eigenvalue weighted by molar-refractivity contribution is 5.73. The van der Waals surface area contributed by atoms with Crippen LogP contribution in [0.3, 0.4) is 0 Å². The van der Waals surface area contributed by atoms with Gasteiger partial charge in [-0.25, -0.2) is 0 Å². The van der Waals surface area contributed by atoms with Crippen LogP contribution >= 0.6 is 0 Å². The summed E-state index contributed by atoms with van der Waals surface area (Å²) < 4.78 is 4.10. The molecular formula is C22H31N3O4. The smallest absolute Gasteiger partial charge is 0.146 e. The summed E-state index contributed by atoms with van der Waals surface area (Å²) in [5, 5.41) is 27.4. The maximum Gasteiger partial charge on any atom is 0.146 e. The number of carbonyl (C=O) groups is 1. The summed E-state index contributed by atoms with van der Waals surface area (Å²) >= 11 is 0. The van der Waals surface area contributed by atoms with Gasteiger partial charge in [-0.05, 0) is 35.6 Å². The van der Waals surface area contributed by atoms with Crippen molar-refractivity contribution in [2.75, 3.05) is 13.9 Å². The number of carbonyl (C=O) groups excluding carboxylic acids is 1. The Morgan fingerprint density at radius 3 is 2.14 bits per heavy atom. The van der Waals surface area contributed by atoms with Crippen LogP contribution in [0, 0.1) is 0 Å². The lowest BCUT2D eigenvalue weighted by molar-refractivity contribution is -0.107. The highest BCUT2D eigenvalue weighted by Crippen LogP contribution is 2.36. The van der Waals surface area contributed by atoms with E-state index in [0.29, 0.717) is 18.5 Å². The van der Waals surface area contributed by atoms with Gasteiger partial charge in [0.25, 0.3) is 0 Å². The van der Waals surface area contributed by atoms with Gasteiger partial charge in [0.15, 0.2) is 0 Å². The number of aliphatic hydroxyl groups excluding tert-OH is 1. The van der Waals surface area contributed by atoms with Gasteiger partial charge < -0.3 is 19.7 Å². The molecule has 1 aromatic heterocycles. The van der Waals surface area contributed by atoms with Gasteiger partial charge in [-0.15, -0.1) is 15.0 Å². The topological polar surface area (TPSA) is 97.5 Å². The van der Waals surface area contributed by atoms with Crippen molar-refractivity contribution < 1.29 is 19.7 Å². The molecule has 2 aromatic carbocycles. The van der Waals surface area contributed by atoms with E-state index in [1.807, 2.05) is 57.2 Å². The van der Waals surface area contributed by atoms with E-state index >= 15 is 0 Å². The summed E-state index contributed by atoms with van der Waals surface area (Å²) in [5.74, 6) is 0.178. The Kier molecular flexibility index (Phi) is 8.94. The Labute approximate surface area is 171 Å². The molecule has 0 saturated heterocycles. The van der Waals surface area contributed by atoms with Gasteiger partial charge in [-0.2, -0.15) is 0 Å². The SMILES string of the molecule is C.CC(C)(C)c1cc(CCC=O)cc(-n2nc3ccccc3n2)c1O.COCO. The highest BCUT2D eigenvalue weighted by Gasteiger charge is 2.23. The number of fused-ring (bicyclic) bond motifs is 1.